The van der Waals surface area contributed by atoms with E-state index < -0.39 is 0 Å². The topological polar surface area (TPSA) is 29.1 Å². The van der Waals surface area contributed by atoms with Crippen LogP contribution in [0.5, 0.6) is 0 Å². The van der Waals surface area contributed by atoms with E-state index in [-0.39, 0.29) is 18.3 Å². The first kappa shape index (κ1) is 14.3. The lowest BCUT2D eigenvalue weighted by Gasteiger charge is -2.08. The van der Waals surface area contributed by atoms with Gasteiger partial charge in [0.05, 0.1) is 0 Å². The molecule has 0 aliphatic carbocycles. The molecular formula is C17H18FNO. The summed E-state index contributed by atoms with van der Waals surface area (Å²) in [4.78, 5) is 12.0. The summed E-state index contributed by atoms with van der Waals surface area (Å²) in [6, 6.07) is 13.9. The molecule has 0 saturated carbocycles. The highest BCUT2D eigenvalue weighted by Gasteiger charge is 2.07. The van der Waals surface area contributed by atoms with E-state index in [1.165, 1.54) is 11.6 Å². The first-order valence-electron chi connectivity index (χ1n) is 6.69. The Morgan fingerprint density at radius 2 is 1.75 bits per heavy atom. The van der Waals surface area contributed by atoms with Crippen molar-refractivity contribution in [2.75, 3.05) is 0 Å². The number of benzene rings is 2. The second kappa shape index (κ2) is 6.33. The van der Waals surface area contributed by atoms with E-state index >= 15 is 0 Å². The third kappa shape index (κ3) is 3.44. The number of carbonyl (C=O) groups is 1. The molecule has 0 atom stereocenters. The summed E-state index contributed by atoms with van der Waals surface area (Å²) >= 11 is 0. The highest BCUT2D eigenvalue weighted by atomic mass is 19.1. The molecule has 2 aromatic carbocycles. The first-order valence-corrected chi connectivity index (χ1v) is 6.69. The van der Waals surface area contributed by atoms with Gasteiger partial charge in [-0.1, -0.05) is 44.2 Å². The number of amides is 1. The third-order valence-electron chi connectivity index (χ3n) is 3.24. The Hall–Kier alpha value is -2.16. The Bertz CT molecular complexity index is 590. The standard InChI is InChI=1S/C17H18FNO/c1-12(2)13-7-9-14(10-8-13)17(20)19-11-15-5-3-4-6-16(15)18/h3-10,12H,11H2,1-2H3,(H,19,20). The maximum absolute atomic E-state index is 13.4. The van der Waals surface area contributed by atoms with Crippen LogP contribution in [0.3, 0.4) is 0 Å². The monoisotopic (exact) mass is 271 g/mol. The maximum Gasteiger partial charge on any atom is 0.251 e. The molecule has 2 rings (SSSR count). The lowest BCUT2D eigenvalue weighted by Crippen LogP contribution is -2.23. The van der Waals surface area contributed by atoms with Gasteiger partial charge in [-0.05, 0) is 29.7 Å². The van der Waals surface area contributed by atoms with Gasteiger partial charge in [0.1, 0.15) is 5.82 Å². The fourth-order valence-electron chi connectivity index (χ4n) is 1.94. The van der Waals surface area contributed by atoms with Crippen molar-refractivity contribution in [2.24, 2.45) is 0 Å². The molecule has 0 fully saturated rings. The quantitative estimate of drug-likeness (QED) is 0.898. The molecule has 0 radical (unpaired) electrons. The Balaban J connectivity index is 2.00. The van der Waals surface area contributed by atoms with Crippen molar-refractivity contribution in [3.63, 3.8) is 0 Å². The van der Waals surface area contributed by atoms with E-state index in [1.54, 1.807) is 30.3 Å². The number of rotatable bonds is 4. The Labute approximate surface area is 118 Å². The summed E-state index contributed by atoms with van der Waals surface area (Å²) in [5.74, 6) is -0.0583. The highest BCUT2D eigenvalue weighted by Crippen LogP contribution is 2.14. The largest absolute Gasteiger partial charge is 0.348 e. The fourth-order valence-corrected chi connectivity index (χ4v) is 1.94. The van der Waals surface area contributed by atoms with E-state index in [0.717, 1.165) is 0 Å². The third-order valence-corrected chi connectivity index (χ3v) is 3.24. The zero-order valence-electron chi connectivity index (χ0n) is 11.7. The predicted molar refractivity (Wildman–Crippen MR) is 78.1 cm³/mol. The van der Waals surface area contributed by atoms with E-state index in [9.17, 15) is 9.18 Å². The lowest BCUT2D eigenvalue weighted by atomic mass is 10.0. The number of nitrogens with one attached hydrogen (secondary N) is 1. The minimum atomic E-state index is -0.303. The molecule has 0 aliphatic rings. The molecule has 1 N–H and O–H groups in total. The molecule has 2 nitrogen and oxygen atoms in total. The van der Waals surface area contributed by atoms with Gasteiger partial charge in [-0.2, -0.15) is 0 Å². The van der Waals surface area contributed by atoms with Gasteiger partial charge in [0.2, 0.25) is 0 Å². The molecule has 0 aliphatic heterocycles. The van der Waals surface area contributed by atoms with Gasteiger partial charge in [0, 0.05) is 17.7 Å². The minimum Gasteiger partial charge on any atom is -0.348 e. The normalized spacial score (nSPS) is 10.6. The van der Waals surface area contributed by atoms with Crippen LogP contribution < -0.4 is 5.32 Å². The average Bonchev–Trinajstić information content (AvgIpc) is 2.46. The predicted octanol–water partition coefficient (Wildman–Crippen LogP) is 3.88. The molecule has 104 valence electrons. The molecule has 0 heterocycles. The van der Waals surface area contributed by atoms with Crippen molar-refractivity contribution in [2.45, 2.75) is 26.3 Å². The summed E-state index contributed by atoms with van der Waals surface area (Å²) in [5, 5.41) is 2.73. The van der Waals surface area contributed by atoms with Crippen LogP contribution in [0.1, 0.15) is 41.3 Å². The van der Waals surface area contributed by atoms with E-state index in [4.69, 9.17) is 0 Å². The molecule has 1 amide bonds. The van der Waals surface area contributed by atoms with Crippen LogP contribution in [-0.2, 0) is 6.54 Å². The van der Waals surface area contributed by atoms with Crippen molar-refractivity contribution in [1.82, 2.24) is 5.32 Å². The van der Waals surface area contributed by atoms with Gasteiger partial charge in [-0.15, -0.1) is 0 Å². The zero-order chi connectivity index (χ0) is 14.5. The van der Waals surface area contributed by atoms with Crippen LogP contribution >= 0.6 is 0 Å². The number of hydrogen-bond acceptors (Lipinski definition) is 1. The number of halogens is 1. The number of hydrogen-bond donors (Lipinski definition) is 1. The number of carbonyl (C=O) groups excluding carboxylic acids is 1. The van der Waals surface area contributed by atoms with E-state index in [0.29, 0.717) is 17.0 Å². The lowest BCUT2D eigenvalue weighted by molar-refractivity contribution is 0.0950. The Morgan fingerprint density at radius 1 is 1.10 bits per heavy atom. The van der Waals surface area contributed by atoms with Gasteiger partial charge in [0.15, 0.2) is 0 Å². The van der Waals surface area contributed by atoms with Crippen LogP contribution in [-0.4, -0.2) is 5.91 Å². The second-order valence-corrected chi connectivity index (χ2v) is 5.05. The molecule has 2 aromatic rings. The van der Waals surface area contributed by atoms with Crippen molar-refractivity contribution in [3.8, 4) is 0 Å². The first-order chi connectivity index (χ1) is 9.58. The van der Waals surface area contributed by atoms with Crippen LogP contribution in [0.25, 0.3) is 0 Å². The highest BCUT2D eigenvalue weighted by molar-refractivity contribution is 5.94. The second-order valence-electron chi connectivity index (χ2n) is 5.05. The molecule has 0 bridgehead atoms. The Morgan fingerprint density at radius 3 is 2.35 bits per heavy atom. The van der Waals surface area contributed by atoms with Crippen molar-refractivity contribution in [3.05, 3.63) is 71.0 Å². The van der Waals surface area contributed by atoms with E-state index in [1.807, 2.05) is 12.1 Å². The minimum absolute atomic E-state index is 0.191. The summed E-state index contributed by atoms with van der Waals surface area (Å²) in [6.45, 7) is 4.40. The molecule has 0 aromatic heterocycles. The van der Waals surface area contributed by atoms with Gasteiger partial charge < -0.3 is 5.32 Å². The maximum atomic E-state index is 13.4. The molecule has 0 spiro atoms. The van der Waals surface area contributed by atoms with Gasteiger partial charge in [-0.25, -0.2) is 4.39 Å². The van der Waals surface area contributed by atoms with Crippen LogP contribution in [0, 0.1) is 5.82 Å². The van der Waals surface area contributed by atoms with Crippen molar-refractivity contribution < 1.29 is 9.18 Å². The molecular weight excluding hydrogens is 253 g/mol. The summed E-state index contributed by atoms with van der Waals surface area (Å²) in [7, 11) is 0. The molecule has 0 unspecified atom stereocenters. The van der Waals surface area contributed by atoms with Crippen LogP contribution in [0.4, 0.5) is 4.39 Å². The smallest absolute Gasteiger partial charge is 0.251 e. The molecule has 20 heavy (non-hydrogen) atoms. The van der Waals surface area contributed by atoms with Crippen molar-refractivity contribution in [1.29, 1.82) is 0 Å². The summed E-state index contributed by atoms with van der Waals surface area (Å²) < 4.78 is 13.4. The summed E-state index contributed by atoms with van der Waals surface area (Å²) in [5.41, 5.74) is 2.26. The van der Waals surface area contributed by atoms with Crippen LogP contribution in [0.2, 0.25) is 0 Å². The fraction of sp³-hybridized carbons (Fsp3) is 0.235. The Kier molecular flexibility index (Phi) is 4.51. The average molecular weight is 271 g/mol. The van der Waals surface area contributed by atoms with Gasteiger partial charge in [0.25, 0.3) is 5.91 Å². The summed E-state index contributed by atoms with van der Waals surface area (Å²) in [6.07, 6.45) is 0. The molecule has 0 saturated heterocycles. The van der Waals surface area contributed by atoms with E-state index in [2.05, 4.69) is 19.2 Å². The van der Waals surface area contributed by atoms with Crippen molar-refractivity contribution >= 4 is 5.91 Å². The van der Waals surface area contributed by atoms with Crippen LogP contribution in [0.15, 0.2) is 48.5 Å². The van der Waals surface area contributed by atoms with Gasteiger partial charge in [-0.3, -0.25) is 4.79 Å². The van der Waals surface area contributed by atoms with Gasteiger partial charge >= 0.3 is 0 Å². The molecule has 3 heteroatoms. The SMILES string of the molecule is CC(C)c1ccc(C(=O)NCc2ccccc2F)cc1. The zero-order valence-corrected chi connectivity index (χ0v) is 11.7.